The predicted octanol–water partition coefficient (Wildman–Crippen LogP) is 3.15. The van der Waals surface area contributed by atoms with Crippen molar-refractivity contribution in [1.82, 2.24) is 10.0 Å². The SMILES string of the molecule is CC(C)(C)c1ccc(S(=O)(=O)NCCC(=O)NCCc2ccc(F)cc2)cc1. The molecule has 0 saturated carbocycles. The molecule has 0 atom stereocenters. The summed E-state index contributed by atoms with van der Waals surface area (Å²) in [5, 5.41) is 2.73. The van der Waals surface area contributed by atoms with Gasteiger partial charge in [0.25, 0.3) is 0 Å². The first-order valence-corrected chi connectivity index (χ1v) is 10.7. The second-order valence-electron chi connectivity index (χ2n) is 7.65. The minimum absolute atomic E-state index is 0.0196. The summed E-state index contributed by atoms with van der Waals surface area (Å²) >= 11 is 0. The molecule has 0 aliphatic carbocycles. The molecule has 0 fully saturated rings. The zero-order valence-electron chi connectivity index (χ0n) is 16.5. The van der Waals surface area contributed by atoms with Crippen LogP contribution in [-0.4, -0.2) is 27.4 Å². The van der Waals surface area contributed by atoms with E-state index in [0.29, 0.717) is 13.0 Å². The van der Waals surface area contributed by atoms with Crippen molar-refractivity contribution in [3.63, 3.8) is 0 Å². The molecule has 0 radical (unpaired) electrons. The molecule has 0 aliphatic heterocycles. The highest BCUT2D eigenvalue weighted by Gasteiger charge is 2.17. The molecule has 2 aromatic carbocycles. The van der Waals surface area contributed by atoms with Crippen LogP contribution in [0.1, 0.15) is 38.3 Å². The van der Waals surface area contributed by atoms with Crippen LogP contribution in [-0.2, 0) is 26.7 Å². The number of carbonyl (C=O) groups excluding carboxylic acids is 1. The van der Waals surface area contributed by atoms with Gasteiger partial charge in [-0.25, -0.2) is 17.5 Å². The molecule has 1 amide bonds. The Morgan fingerprint density at radius 3 is 2.14 bits per heavy atom. The Morgan fingerprint density at radius 1 is 0.964 bits per heavy atom. The first-order valence-electron chi connectivity index (χ1n) is 9.19. The zero-order valence-corrected chi connectivity index (χ0v) is 17.3. The molecule has 5 nitrogen and oxygen atoms in total. The van der Waals surface area contributed by atoms with E-state index >= 15 is 0 Å². The Bertz CT molecular complexity index is 887. The first-order chi connectivity index (χ1) is 13.1. The third kappa shape index (κ3) is 6.73. The van der Waals surface area contributed by atoms with Gasteiger partial charge in [-0.3, -0.25) is 4.79 Å². The Kier molecular flexibility index (Phi) is 7.32. The summed E-state index contributed by atoms with van der Waals surface area (Å²) in [6.45, 7) is 6.60. The van der Waals surface area contributed by atoms with Crippen molar-refractivity contribution in [2.45, 2.75) is 43.9 Å². The van der Waals surface area contributed by atoms with E-state index in [2.05, 4.69) is 30.8 Å². The predicted molar refractivity (Wildman–Crippen MR) is 108 cm³/mol. The Hall–Kier alpha value is -2.25. The van der Waals surface area contributed by atoms with Gasteiger partial charge in [0.05, 0.1) is 4.90 Å². The molecule has 0 bridgehead atoms. The van der Waals surface area contributed by atoms with Crippen LogP contribution in [0.25, 0.3) is 0 Å². The van der Waals surface area contributed by atoms with E-state index in [1.54, 1.807) is 36.4 Å². The average molecular weight is 407 g/mol. The lowest BCUT2D eigenvalue weighted by Crippen LogP contribution is -2.31. The van der Waals surface area contributed by atoms with Gasteiger partial charge < -0.3 is 5.32 Å². The van der Waals surface area contributed by atoms with E-state index in [9.17, 15) is 17.6 Å². The monoisotopic (exact) mass is 406 g/mol. The summed E-state index contributed by atoms with van der Waals surface area (Å²) in [5.41, 5.74) is 1.91. The molecule has 0 aromatic heterocycles. The fourth-order valence-corrected chi connectivity index (χ4v) is 3.63. The maximum absolute atomic E-state index is 12.8. The van der Waals surface area contributed by atoms with E-state index < -0.39 is 10.0 Å². The van der Waals surface area contributed by atoms with E-state index in [-0.39, 0.29) is 35.0 Å². The molecular formula is C21H27FN2O3S. The van der Waals surface area contributed by atoms with Gasteiger partial charge >= 0.3 is 0 Å². The summed E-state index contributed by atoms with van der Waals surface area (Å²) < 4.78 is 39.9. The highest BCUT2D eigenvalue weighted by molar-refractivity contribution is 7.89. The van der Waals surface area contributed by atoms with Crippen LogP contribution < -0.4 is 10.0 Å². The number of sulfonamides is 1. The van der Waals surface area contributed by atoms with E-state index in [0.717, 1.165) is 11.1 Å². The fourth-order valence-electron chi connectivity index (χ4n) is 2.60. The van der Waals surface area contributed by atoms with Crippen LogP contribution in [0.5, 0.6) is 0 Å². The Morgan fingerprint density at radius 2 is 1.57 bits per heavy atom. The number of rotatable bonds is 8. The van der Waals surface area contributed by atoms with Crippen molar-refractivity contribution < 1.29 is 17.6 Å². The van der Waals surface area contributed by atoms with Gasteiger partial charge in [-0.2, -0.15) is 0 Å². The Balaban J connectivity index is 1.76. The van der Waals surface area contributed by atoms with Crippen LogP contribution in [0.4, 0.5) is 4.39 Å². The molecule has 2 rings (SSSR count). The quantitative estimate of drug-likeness (QED) is 0.707. The van der Waals surface area contributed by atoms with Crippen LogP contribution in [0.2, 0.25) is 0 Å². The molecule has 0 aliphatic rings. The Labute approximate surface area is 166 Å². The summed E-state index contributed by atoms with van der Waals surface area (Å²) in [7, 11) is -3.65. The largest absolute Gasteiger partial charge is 0.356 e. The fraction of sp³-hybridized carbons (Fsp3) is 0.381. The van der Waals surface area contributed by atoms with Crippen molar-refractivity contribution in [1.29, 1.82) is 0 Å². The molecule has 0 spiro atoms. The molecule has 0 unspecified atom stereocenters. The highest BCUT2D eigenvalue weighted by atomic mass is 32.2. The maximum Gasteiger partial charge on any atom is 0.240 e. The highest BCUT2D eigenvalue weighted by Crippen LogP contribution is 2.23. The van der Waals surface area contributed by atoms with Crippen molar-refractivity contribution in [3.05, 3.63) is 65.5 Å². The number of carbonyl (C=O) groups is 1. The number of hydrogen-bond donors (Lipinski definition) is 2. The third-order valence-electron chi connectivity index (χ3n) is 4.32. The topological polar surface area (TPSA) is 75.3 Å². The van der Waals surface area contributed by atoms with Crippen LogP contribution in [0, 0.1) is 5.82 Å². The average Bonchev–Trinajstić information content (AvgIpc) is 2.62. The van der Waals surface area contributed by atoms with Gasteiger partial charge in [0.15, 0.2) is 0 Å². The van der Waals surface area contributed by atoms with Crippen molar-refractivity contribution in [2.75, 3.05) is 13.1 Å². The van der Waals surface area contributed by atoms with Crippen molar-refractivity contribution >= 4 is 15.9 Å². The number of benzene rings is 2. The van der Waals surface area contributed by atoms with Gasteiger partial charge in [-0.15, -0.1) is 0 Å². The van der Waals surface area contributed by atoms with Gasteiger partial charge in [0.1, 0.15) is 5.82 Å². The molecular weight excluding hydrogens is 379 g/mol. The smallest absolute Gasteiger partial charge is 0.240 e. The van der Waals surface area contributed by atoms with Crippen LogP contribution >= 0.6 is 0 Å². The summed E-state index contributed by atoms with van der Waals surface area (Å²) in [6.07, 6.45) is 0.626. The molecule has 152 valence electrons. The second-order valence-corrected chi connectivity index (χ2v) is 9.42. The number of amides is 1. The maximum atomic E-state index is 12.8. The molecule has 2 aromatic rings. The van der Waals surface area contributed by atoms with E-state index in [4.69, 9.17) is 0 Å². The zero-order chi connectivity index (χ0) is 20.8. The number of nitrogens with one attached hydrogen (secondary N) is 2. The lowest BCUT2D eigenvalue weighted by molar-refractivity contribution is -0.120. The van der Waals surface area contributed by atoms with Crippen molar-refractivity contribution in [3.8, 4) is 0 Å². The van der Waals surface area contributed by atoms with Gasteiger partial charge in [-0.05, 0) is 47.2 Å². The molecule has 0 saturated heterocycles. The molecule has 28 heavy (non-hydrogen) atoms. The number of hydrogen-bond acceptors (Lipinski definition) is 3. The van der Waals surface area contributed by atoms with Gasteiger partial charge in [-0.1, -0.05) is 45.0 Å². The van der Waals surface area contributed by atoms with Crippen molar-refractivity contribution in [2.24, 2.45) is 0 Å². The minimum Gasteiger partial charge on any atom is -0.356 e. The normalized spacial score (nSPS) is 12.0. The summed E-state index contributed by atoms with van der Waals surface area (Å²) in [4.78, 5) is 12.0. The van der Waals surface area contributed by atoms with Gasteiger partial charge in [0.2, 0.25) is 15.9 Å². The van der Waals surface area contributed by atoms with E-state index in [1.165, 1.54) is 12.1 Å². The minimum atomic E-state index is -3.65. The lowest BCUT2D eigenvalue weighted by Gasteiger charge is -2.19. The second kappa shape index (κ2) is 9.30. The summed E-state index contributed by atoms with van der Waals surface area (Å²) in [5.74, 6) is -0.541. The van der Waals surface area contributed by atoms with Crippen LogP contribution in [0.3, 0.4) is 0 Å². The molecule has 7 heteroatoms. The molecule has 2 N–H and O–H groups in total. The van der Waals surface area contributed by atoms with E-state index in [1.807, 2.05) is 0 Å². The van der Waals surface area contributed by atoms with Crippen LogP contribution in [0.15, 0.2) is 53.4 Å². The first kappa shape index (κ1) is 22.0. The lowest BCUT2D eigenvalue weighted by atomic mass is 9.87. The summed E-state index contributed by atoms with van der Waals surface area (Å²) in [6, 6.07) is 12.8. The van der Waals surface area contributed by atoms with Gasteiger partial charge in [0, 0.05) is 19.5 Å². The third-order valence-corrected chi connectivity index (χ3v) is 5.80. The number of halogens is 1. The molecule has 0 heterocycles. The standard InChI is InChI=1S/C21H27FN2O3S/c1-21(2,3)17-6-10-19(11-7-17)28(26,27)24-15-13-20(25)23-14-12-16-4-8-18(22)9-5-16/h4-11,24H,12-15H2,1-3H3,(H,23,25).